The Kier molecular flexibility index (Phi) is 5.72. The van der Waals surface area contributed by atoms with Gasteiger partial charge in [-0.3, -0.25) is 9.59 Å². The number of aryl methyl sites for hydroxylation is 1. The Morgan fingerprint density at radius 2 is 1.71 bits per heavy atom. The molecule has 1 saturated heterocycles. The first-order chi connectivity index (χ1) is 16.4. The van der Waals surface area contributed by atoms with Crippen LogP contribution in [0.25, 0.3) is 16.7 Å². The van der Waals surface area contributed by atoms with E-state index in [1.54, 1.807) is 41.3 Å². The van der Waals surface area contributed by atoms with Crippen molar-refractivity contribution in [2.75, 3.05) is 6.54 Å². The SMILES string of the molecule is Cc1ccc(C(O)=C2C(=O)C(=O)N(CCc3c[nH]c4ccccc34)[C@@H]2c2ccc(Cl)cc2)cc1. The van der Waals surface area contributed by atoms with E-state index < -0.39 is 17.7 Å². The van der Waals surface area contributed by atoms with Gasteiger partial charge < -0.3 is 15.0 Å². The van der Waals surface area contributed by atoms with Gasteiger partial charge in [-0.05, 0) is 42.7 Å². The van der Waals surface area contributed by atoms with Crippen LogP contribution >= 0.6 is 11.6 Å². The first-order valence-corrected chi connectivity index (χ1v) is 11.5. The summed E-state index contributed by atoms with van der Waals surface area (Å²) in [6, 6.07) is 21.5. The average Bonchev–Trinajstić information content (AvgIpc) is 3.37. The van der Waals surface area contributed by atoms with Gasteiger partial charge in [-0.1, -0.05) is 71.8 Å². The Balaban J connectivity index is 1.56. The minimum Gasteiger partial charge on any atom is -0.507 e. The lowest BCUT2D eigenvalue weighted by atomic mass is 9.95. The van der Waals surface area contributed by atoms with Crippen LogP contribution in [0.5, 0.6) is 0 Å². The lowest BCUT2D eigenvalue weighted by Gasteiger charge is -2.25. The molecule has 3 aromatic carbocycles. The predicted octanol–water partition coefficient (Wildman–Crippen LogP) is 5.79. The number of amides is 1. The van der Waals surface area contributed by atoms with Gasteiger partial charge in [0.25, 0.3) is 11.7 Å². The molecule has 1 atom stereocenters. The van der Waals surface area contributed by atoms with Crippen LogP contribution in [-0.2, 0) is 16.0 Å². The number of aromatic nitrogens is 1. The summed E-state index contributed by atoms with van der Waals surface area (Å²) in [6.45, 7) is 2.27. The second kappa shape index (κ2) is 8.84. The van der Waals surface area contributed by atoms with Crippen molar-refractivity contribution in [1.29, 1.82) is 0 Å². The molecule has 0 aliphatic carbocycles. The summed E-state index contributed by atoms with van der Waals surface area (Å²) in [5.41, 5.74) is 4.43. The molecule has 0 saturated carbocycles. The summed E-state index contributed by atoms with van der Waals surface area (Å²) < 4.78 is 0. The summed E-state index contributed by atoms with van der Waals surface area (Å²) in [5.74, 6) is -1.47. The van der Waals surface area contributed by atoms with Crippen molar-refractivity contribution in [3.63, 3.8) is 0 Å². The molecule has 0 spiro atoms. The van der Waals surface area contributed by atoms with E-state index >= 15 is 0 Å². The smallest absolute Gasteiger partial charge is 0.295 e. The number of halogens is 1. The molecule has 6 heteroatoms. The van der Waals surface area contributed by atoms with E-state index in [2.05, 4.69) is 4.98 Å². The monoisotopic (exact) mass is 470 g/mol. The number of benzene rings is 3. The van der Waals surface area contributed by atoms with Crippen LogP contribution in [0.3, 0.4) is 0 Å². The first-order valence-electron chi connectivity index (χ1n) is 11.1. The molecule has 2 N–H and O–H groups in total. The molecule has 0 bridgehead atoms. The van der Waals surface area contributed by atoms with Crippen LogP contribution in [-0.4, -0.2) is 33.2 Å². The standard InChI is InChI=1S/C28H23ClN2O3/c1-17-6-8-19(9-7-17)26(32)24-25(18-10-12-21(29)13-11-18)31(28(34)27(24)33)15-14-20-16-30-23-5-3-2-4-22(20)23/h2-13,16,25,30,32H,14-15H2,1H3/t25-/m1/s1. The number of aromatic amines is 1. The number of carbonyl (C=O) groups excluding carboxylic acids is 2. The summed E-state index contributed by atoms with van der Waals surface area (Å²) >= 11 is 6.09. The van der Waals surface area contributed by atoms with Crippen LogP contribution in [0.2, 0.25) is 5.02 Å². The van der Waals surface area contributed by atoms with Crippen LogP contribution in [0, 0.1) is 6.92 Å². The van der Waals surface area contributed by atoms with Crippen LogP contribution < -0.4 is 0 Å². The van der Waals surface area contributed by atoms with Crippen molar-refractivity contribution in [3.8, 4) is 0 Å². The third-order valence-corrected chi connectivity index (χ3v) is 6.60. The van der Waals surface area contributed by atoms with Gasteiger partial charge in [-0.25, -0.2) is 0 Å². The maximum Gasteiger partial charge on any atom is 0.295 e. The number of likely N-dealkylation sites (tertiary alicyclic amines) is 1. The first kappa shape index (κ1) is 22.0. The Labute approximate surface area is 202 Å². The van der Waals surface area contributed by atoms with Crippen LogP contribution in [0.4, 0.5) is 0 Å². The Morgan fingerprint density at radius 3 is 2.44 bits per heavy atom. The van der Waals surface area contributed by atoms with Gasteiger partial charge >= 0.3 is 0 Å². The molecule has 1 fully saturated rings. The second-order valence-corrected chi connectivity index (χ2v) is 8.96. The third kappa shape index (κ3) is 3.88. The van der Waals surface area contributed by atoms with Gasteiger partial charge in [-0.2, -0.15) is 0 Å². The maximum absolute atomic E-state index is 13.2. The molecule has 2 heterocycles. The van der Waals surface area contributed by atoms with E-state index in [4.69, 9.17) is 11.6 Å². The number of ketones is 1. The fourth-order valence-corrected chi connectivity index (χ4v) is 4.67. The number of carbonyl (C=O) groups is 2. The van der Waals surface area contributed by atoms with Crippen molar-refractivity contribution >= 4 is 40.0 Å². The number of nitrogens with one attached hydrogen (secondary N) is 1. The molecule has 1 aliphatic heterocycles. The van der Waals surface area contributed by atoms with Gasteiger partial charge in [0.2, 0.25) is 0 Å². The molecule has 0 radical (unpaired) electrons. The lowest BCUT2D eigenvalue weighted by molar-refractivity contribution is -0.139. The Bertz CT molecular complexity index is 1420. The van der Waals surface area contributed by atoms with Crippen molar-refractivity contribution < 1.29 is 14.7 Å². The van der Waals surface area contributed by atoms with Crippen LogP contribution in [0.15, 0.2) is 84.6 Å². The van der Waals surface area contributed by atoms with E-state index in [0.29, 0.717) is 23.6 Å². The summed E-state index contributed by atoms with van der Waals surface area (Å²) in [6.07, 6.45) is 2.50. The van der Waals surface area contributed by atoms with Gasteiger partial charge in [-0.15, -0.1) is 0 Å². The fraction of sp³-hybridized carbons (Fsp3) is 0.143. The fourth-order valence-electron chi connectivity index (χ4n) is 4.55. The normalized spacial score (nSPS) is 17.6. The van der Waals surface area contributed by atoms with E-state index in [1.807, 2.05) is 49.5 Å². The van der Waals surface area contributed by atoms with Crippen molar-refractivity contribution in [1.82, 2.24) is 9.88 Å². The number of nitrogens with zero attached hydrogens (tertiary/aromatic N) is 1. The third-order valence-electron chi connectivity index (χ3n) is 6.35. The molecule has 5 nitrogen and oxygen atoms in total. The van der Waals surface area contributed by atoms with Crippen molar-refractivity contribution in [2.24, 2.45) is 0 Å². The second-order valence-electron chi connectivity index (χ2n) is 8.52. The number of aliphatic hydroxyl groups is 1. The van der Waals surface area contributed by atoms with Gasteiger partial charge in [0.15, 0.2) is 0 Å². The highest BCUT2D eigenvalue weighted by Crippen LogP contribution is 2.40. The molecule has 170 valence electrons. The van der Waals surface area contributed by atoms with E-state index in [1.165, 1.54) is 0 Å². The lowest BCUT2D eigenvalue weighted by Crippen LogP contribution is -2.31. The number of rotatable bonds is 5. The predicted molar refractivity (Wildman–Crippen MR) is 134 cm³/mol. The molecule has 4 aromatic rings. The molecule has 0 unspecified atom stereocenters. The van der Waals surface area contributed by atoms with E-state index in [0.717, 1.165) is 27.6 Å². The number of Topliss-reactive ketones (excluding diaryl/α,β-unsaturated/α-hetero) is 1. The number of fused-ring (bicyclic) bond motifs is 1. The summed E-state index contributed by atoms with van der Waals surface area (Å²) in [5, 5.41) is 12.8. The number of aliphatic hydroxyl groups excluding tert-OH is 1. The largest absolute Gasteiger partial charge is 0.507 e. The highest BCUT2D eigenvalue weighted by Gasteiger charge is 2.45. The number of hydrogen-bond donors (Lipinski definition) is 2. The summed E-state index contributed by atoms with van der Waals surface area (Å²) in [4.78, 5) is 31.2. The molecular weight excluding hydrogens is 448 g/mol. The molecule has 1 aliphatic rings. The highest BCUT2D eigenvalue weighted by atomic mass is 35.5. The van der Waals surface area contributed by atoms with Gasteiger partial charge in [0.05, 0.1) is 11.6 Å². The zero-order valence-electron chi connectivity index (χ0n) is 18.6. The minimum atomic E-state index is -0.705. The van der Waals surface area contributed by atoms with Gasteiger partial charge in [0.1, 0.15) is 5.76 Å². The molecule has 1 amide bonds. The number of para-hydroxylation sites is 1. The number of H-pyrrole nitrogens is 1. The molecule has 5 rings (SSSR count). The quantitative estimate of drug-likeness (QED) is 0.220. The zero-order chi connectivity index (χ0) is 23.8. The summed E-state index contributed by atoms with van der Waals surface area (Å²) in [7, 11) is 0. The highest BCUT2D eigenvalue weighted by molar-refractivity contribution is 6.46. The molecular formula is C28H23ClN2O3. The molecule has 1 aromatic heterocycles. The average molecular weight is 471 g/mol. The zero-order valence-corrected chi connectivity index (χ0v) is 19.3. The topological polar surface area (TPSA) is 73.4 Å². The van der Waals surface area contributed by atoms with E-state index in [-0.39, 0.29) is 11.3 Å². The molecule has 34 heavy (non-hydrogen) atoms. The Hall–Kier alpha value is -3.83. The maximum atomic E-state index is 13.2. The van der Waals surface area contributed by atoms with Crippen molar-refractivity contribution in [3.05, 3.63) is 112 Å². The Morgan fingerprint density at radius 1 is 1.00 bits per heavy atom. The van der Waals surface area contributed by atoms with E-state index in [9.17, 15) is 14.7 Å². The van der Waals surface area contributed by atoms with Crippen LogP contribution in [0.1, 0.15) is 28.3 Å². The van der Waals surface area contributed by atoms with Crippen molar-refractivity contribution in [2.45, 2.75) is 19.4 Å². The van der Waals surface area contributed by atoms with Gasteiger partial charge in [0, 0.05) is 34.2 Å². The minimum absolute atomic E-state index is 0.0927. The number of hydrogen-bond acceptors (Lipinski definition) is 3.